The van der Waals surface area contributed by atoms with Gasteiger partial charge in [-0.25, -0.2) is 4.79 Å². The number of amides is 2. The average Bonchev–Trinajstić information content (AvgIpc) is 2.97. The summed E-state index contributed by atoms with van der Waals surface area (Å²) in [4.78, 5) is 13.8. The summed E-state index contributed by atoms with van der Waals surface area (Å²) < 4.78 is 0. The molecular weight excluding hydrogens is 274 g/mol. The molecule has 1 atom stereocenters. The van der Waals surface area contributed by atoms with Crippen LogP contribution in [0.3, 0.4) is 0 Å². The van der Waals surface area contributed by atoms with Gasteiger partial charge in [-0.1, -0.05) is 29.5 Å². The lowest BCUT2D eigenvalue weighted by molar-refractivity contribution is 0.251. The summed E-state index contributed by atoms with van der Waals surface area (Å²) in [5.41, 5.74) is 2.69. The highest BCUT2D eigenvalue weighted by molar-refractivity contribution is 7.13. The molecule has 1 aromatic carbocycles. The minimum atomic E-state index is -0.268. The topological polar surface area (TPSA) is 70.1 Å². The number of aromatic nitrogens is 2. The molecule has 0 bridgehead atoms. The van der Waals surface area contributed by atoms with E-state index >= 15 is 0 Å². The van der Waals surface area contributed by atoms with Crippen molar-refractivity contribution in [3.8, 4) is 0 Å². The first-order valence-corrected chi connectivity index (χ1v) is 7.13. The molecular formula is C13H17N5OS. The lowest BCUT2D eigenvalue weighted by Gasteiger charge is -2.27. The third-order valence-electron chi connectivity index (χ3n) is 2.96. The van der Waals surface area contributed by atoms with Crippen molar-refractivity contribution in [2.75, 3.05) is 23.8 Å². The fourth-order valence-electron chi connectivity index (χ4n) is 1.66. The SMILES string of the molecule is C[C@H](CNC(=O)Nc1nncs1)N(C)c1ccccc1. The van der Waals surface area contributed by atoms with E-state index in [-0.39, 0.29) is 12.1 Å². The number of anilines is 2. The van der Waals surface area contributed by atoms with Crippen molar-refractivity contribution < 1.29 is 4.79 Å². The molecule has 7 heteroatoms. The van der Waals surface area contributed by atoms with Gasteiger partial charge in [-0.2, -0.15) is 0 Å². The molecule has 6 nitrogen and oxygen atoms in total. The summed E-state index contributed by atoms with van der Waals surface area (Å²) in [5.74, 6) is 0. The highest BCUT2D eigenvalue weighted by atomic mass is 32.1. The summed E-state index contributed by atoms with van der Waals surface area (Å²) in [6.45, 7) is 2.59. The van der Waals surface area contributed by atoms with Gasteiger partial charge in [0.2, 0.25) is 5.13 Å². The van der Waals surface area contributed by atoms with Crippen LogP contribution in [0.5, 0.6) is 0 Å². The van der Waals surface area contributed by atoms with Gasteiger partial charge in [-0.05, 0) is 19.1 Å². The molecule has 2 aromatic rings. The van der Waals surface area contributed by atoms with Gasteiger partial charge in [0.25, 0.3) is 0 Å². The number of likely N-dealkylation sites (N-methyl/N-ethyl adjacent to an activating group) is 1. The Kier molecular flexibility index (Phi) is 4.89. The molecule has 2 amide bonds. The Balaban J connectivity index is 1.80. The number of para-hydroxylation sites is 1. The lowest BCUT2D eigenvalue weighted by atomic mass is 10.2. The highest BCUT2D eigenvalue weighted by Crippen LogP contribution is 2.13. The molecule has 1 aromatic heterocycles. The number of carbonyl (C=O) groups excluding carboxylic acids is 1. The summed E-state index contributed by atoms with van der Waals surface area (Å²) in [5, 5.41) is 13.4. The molecule has 0 aliphatic rings. The minimum Gasteiger partial charge on any atom is -0.370 e. The number of nitrogens with one attached hydrogen (secondary N) is 2. The monoisotopic (exact) mass is 291 g/mol. The van der Waals surface area contributed by atoms with Crippen LogP contribution in [0.1, 0.15) is 6.92 Å². The molecule has 0 aliphatic carbocycles. The third kappa shape index (κ3) is 3.92. The van der Waals surface area contributed by atoms with Crippen molar-refractivity contribution in [3.63, 3.8) is 0 Å². The third-order valence-corrected chi connectivity index (χ3v) is 3.57. The van der Waals surface area contributed by atoms with Gasteiger partial charge >= 0.3 is 6.03 Å². The Bertz CT molecular complexity index is 531. The standard InChI is InChI=1S/C13H17N5OS/c1-10(18(2)11-6-4-3-5-7-11)8-14-12(19)16-13-17-15-9-20-13/h3-7,9-10H,8H2,1-2H3,(H2,14,16,17,19)/t10-/m1/s1. The number of benzene rings is 1. The second-order valence-corrected chi connectivity index (χ2v) is 5.21. The molecule has 20 heavy (non-hydrogen) atoms. The summed E-state index contributed by atoms with van der Waals surface area (Å²) in [7, 11) is 2.00. The summed E-state index contributed by atoms with van der Waals surface area (Å²) >= 11 is 1.28. The molecule has 0 radical (unpaired) electrons. The van der Waals surface area contributed by atoms with Gasteiger partial charge in [0, 0.05) is 25.3 Å². The number of urea groups is 1. The number of hydrogen-bond acceptors (Lipinski definition) is 5. The molecule has 0 saturated heterocycles. The van der Waals surface area contributed by atoms with Crippen LogP contribution in [0.15, 0.2) is 35.8 Å². The Morgan fingerprint density at radius 3 is 2.80 bits per heavy atom. The normalized spacial score (nSPS) is 11.7. The Labute approximate surface area is 121 Å². The van der Waals surface area contributed by atoms with Crippen molar-refractivity contribution in [2.45, 2.75) is 13.0 Å². The predicted molar refractivity (Wildman–Crippen MR) is 81.2 cm³/mol. The zero-order chi connectivity index (χ0) is 14.4. The van der Waals surface area contributed by atoms with Gasteiger partial charge in [-0.15, -0.1) is 10.2 Å². The van der Waals surface area contributed by atoms with E-state index in [1.54, 1.807) is 5.51 Å². The summed E-state index contributed by atoms with van der Waals surface area (Å²) in [6, 6.07) is 9.96. The first kappa shape index (κ1) is 14.3. The van der Waals surface area contributed by atoms with Crippen LogP contribution in [0.25, 0.3) is 0 Å². The fourth-order valence-corrected chi connectivity index (χ4v) is 2.10. The number of nitrogens with zero attached hydrogens (tertiary/aromatic N) is 3. The van der Waals surface area contributed by atoms with Crippen molar-refractivity contribution in [1.29, 1.82) is 0 Å². The Hall–Kier alpha value is -2.15. The van der Waals surface area contributed by atoms with Crippen LogP contribution >= 0.6 is 11.3 Å². The molecule has 0 unspecified atom stereocenters. The largest absolute Gasteiger partial charge is 0.370 e. The maximum absolute atomic E-state index is 11.7. The van der Waals surface area contributed by atoms with E-state index in [1.165, 1.54) is 11.3 Å². The van der Waals surface area contributed by atoms with Gasteiger partial charge in [-0.3, -0.25) is 5.32 Å². The second-order valence-electron chi connectivity index (χ2n) is 4.37. The van der Waals surface area contributed by atoms with Gasteiger partial charge < -0.3 is 10.2 Å². The molecule has 1 heterocycles. The van der Waals surface area contributed by atoms with E-state index in [1.807, 2.05) is 37.4 Å². The minimum absolute atomic E-state index is 0.178. The van der Waals surface area contributed by atoms with E-state index < -0.39 is 0 Å². The Morgan fingerprint density at radius 2 is 2.15 bits per heavy atom. The van der Waals surface area contributed by atoms with Crippen LogP contribution < -0.4 is 15.5 Å². The first-order chi connectivity index (χ1) is 9.66. The van der Waals surface area contributed by atoms with E-state index in [2.05, 4.69) is 32.7 Å². The molecule has 2 rings (SSSR count). The van der Waals surface area contributed by atoms with E-state index in [9.17, 15) is 4.79 Å². The van der Waals surface area contributed by atoms with Crippen molar-refractivity contribution >= 4 is 28.2 Å². The predicted octanol–water partition coefficient (Wildman–Crippen LogP) is 2.18. The van der Waals surface area contributed by atoms with E-state index in [0.29, 0.717) is 11.7 Å². The number of carbonyl (C=O) groups is 1. The van der Waals surface area contributed by atoms with Gasteiger partial charge in [0.1, 0.15) is 5.51 Å². The zero-order valence-electron chi connectivity index (χ0n) is 11.4. The van der Waals surface area contributed by atoms with Crippen LogP contribution in [0.4, 0.5) is 15.6 Å². The highest BCUT2D eigenvalue weighted by Gasteiger charge is 2.11. The van der Waals surface area contributed by atoms with Crippen LogP contribution in [0.2, 0.25) is 0 Å². The first-order valence-electron chi connectivity index (χ1n) is 6.25. The molecule has 2 N–H and O–H groups in total. The quantitative estimate of drug-likeness (QED) is 0.886. The molecule has 0 saturated carbocycles. The Morgan fingerprint density at radius 1 is 1.40 bits per heavy atom. The molecule has 0 aliphatic heterocycles. The van der Waals surface area contributed by atoms with Crippen molar-refractivity contribution in [1.82, 2.24) is 15.5 Å². The lowest BCUT2D eigenvalue weighted by Crippen LogP contribution is -2.41. The van der Waals surface area contributed by atoms with Crippen LogP contribution in [-0.2, 0) is 0 Å². The smallest absolute Gasteiger partial charge is 0.321 e. The molecule has 0 spiro atoms. The van der Waals surface area contributed by atoms with Crippen LogP contribution in [0, 0.1) is 0 Å². The van der Waals surface area contributed by atoms with Crippen molar-refractivity contribution in [3.05, 3.63) is 35.8 Å². The number of hydrogen-bond donors (Lipinski definition) is 2. The van der Waals surface area contributed by atoms with Crippen molar-refractivity contribution in [2.24, 2.45) is 0 Å². The zero-order valence-corrected chi connectivity index (χ0v) is 12.2. The maximum atomic E-state index is 11.7. The van der Waals surface area contributed by atoms with E-state index in [4.69, 9.17) is 0 Å². The van der Waals surface area contributed by atoms with Crippen LogP contribution in [-0.4, -0.2) is 35.9 Å². The summed E-state index contributed by atoms with van der Waals surface area (Å²) in [6.07, 6.45) is 0. The molecule has 0 fully saturated rings. The van der Waals surface area contributed by atoms with Gasteiger partial charge in [0.15, 0.2) is 0 Å². The molecule has 106 valence electrons. The fraction of sp³-hybridized carbons (Fsp3) is 0.308. The van der Waals surface area contributed by atoms with Gasteiger partial charge in [0.05, 0.1) is 0 Å². The number of rotatable bonds is 5. The average molecular weight is 291 g/mol. The maximum Gasteiger partial charge on any atom is 0.321 e. The van der Waals surface area contributed by atoms with E-state index in [0.717, 1.165) is 5.69 Å². The second kappa shape index (κ2) is 6.85.